The molecule has 2 atom stereocenters. The van der Waals surface area contributed by atoms with Gasteiger partial charge in [-0.2, -0.15) is 0 Å². The number of piperidine rings is 1. The molecule has 2 heterocycles. The molecule has 2 unspecified atom stereocenters. The number of hydrogen-bond donors (Lipinski definition) is 1. The van der Waals surface area contributed by atoms with Crippen molar-refractivity contribution >= 4 is 6.09 Å². The fraction of sp³-hybridized carbons (Fsp3) is 0.889. The molecule has 1 amide bonds. The Balaban J connectivity index is 1.89. The van der Waals surface area contributed by atoms with E-state index in [9.17, 15) is 4.79 Å². The van der Waals surface area contributed by atoms with Crippen molar-refractivity contribution in [1.82, 2.24) is 10.2 Å². The standard InChI is InChI=1S/C9H16N2O2/c1-11-4-2-3-7(5-11)8-6-13-9(12)10-8/h7-8H,2-6H2,1H3,(H,10,12). The van der Waals surface area contributed by atoms with Crippen LogP contribution < -0.4 is 5.32 Å². The van der Waals surface area contributed by atoms with E-state index in [4.69, 9.17) is 4.74 Å². The Bertz CT molecular complexity index is 208. The van der Waals surface area contributed by atoms with E-state index in [1.54, 1.807) is 0 Å². The van der Waals surface area contributed by atoms with Crippen LogP contribution in [0.15, 0.2) is 0 Å². The van der Waals surface area contributed by atoms with E-state index in [2.05, 4.69) is 17.3 Å². The Morgan fingerprint density at radius 2 is 2.46 bits per heavy atom. The monoisotopic (exact) mass is 184 g/mol. The van der Waals surface area contributed by atoms with E-state index in [0.29, 0.717) is 12.5 Å². The number of amides is 1. The van der Waals surface area contributed by atoms with Crippen molar-refractivity contribution in [3.05, 3.63) is 0 Å². The highest BCUT2D eigenvalue weighted by Crippen LogP contribution is 2.20. The van der Waals surface area contributed by atoms with Crippen molar-refractivity contribution in [1.29, 1.82) is 0 Å². The molecule has 0 aromatic heterocycles. The molecule has 2 aliphatic rings. The number of rotatable bonds is 1. The van der Waals surface area contributed by atoms with Crippen LogP contribution in [0.1, 0.15) is 12.8 Å². The third-order valence-electron chi connectivity index (χ3n) is 2.93. The van der Waals surface area contributed by atoms with E-state index in [1.807, 2.05) is 0 Å². The molecule has 2 saturated heterocycles. The second kappa shape index (κ2) is 3.54. The highest BCUT2D eigenvalue weighted by atomic mass is 16.6. The zero-order valence-electron chi connectivity index (χ0n) is 7.95. The number of nitrogens with zero attached hydrogens (tertiary/aromatic N) is 1. The zero-order chi connectivity index (χ0) is 9.26. The predicted octanol–water partition coefficient (Wildman–Crippen LogP) is 0.437. The summed E-state index contributed by atoms with van der Waals surface area (Å²) in [4.78, 5) is 13.1. The van der Waals surface area contributed by atoms with Crippen LogP contribution in [0.3, 0.4) is 0 Å². The molecule has 0 aliphatic carbocycles. The number of likely N-dealkylation sites (tertiary alicyclic amines) is 1. The molecule has 4 nitrogen and oxygen atoms in total. The molecule has 0 saturated carbocycles. The number of alkyl carbamates (subject to hydrolysis) is 1. The topological polar surface area (TPSA) is 41.6 Å². The van der Waals surface area contributed by atoms with E-state index in [0.717, 1.165) is 6.54 Å². The van der Waals surface area contributed by atoms with Crippen LogP contribution in [0.2, 0.25) is 0 Å². The first-order chi connectivity index (χ1) is 6.25. The fourth-order valence-corrected chi connectivity index (χ4v) is 2.19. The molecule has 74 valence electrons. The number of hydrogen-bond acceptors (Lipinski definition) is 3. The minimum absolute atomic E-state index is 0.246. The van der Waals surface area contributed by atoms with Crippen LogP contribution in [0, 0.1) is 5.92 Å². The van der Waals surface area contributed by atoms with Gasteiger partial charge in [0.15, 0.2) is 0 Å². The highest BCUT2D eigenvalue weighted by Gasteiger charge is 2.32. The van der Waals surface area contributed by atoms with Gasteiger partial charge in [0.25, 0.3) is 0 Å². The zero-order valence-corrected chi connectivity index (χ0v) is 7.95. The van der Waals surface area contributed by atoms with Gasteiger partial charge in [0.05, 0.1) is 6.04 Å². The number of carbonyl (C=O) groups is 1. The Labute approximate surface area is 78.2 Å². The lowest BCUT2D eigenvalue weighted by Gasteiger charge is -2.32. The fourth-order valence-electron chi connectivity index (χ4n) is 2.19. The van der Waals surface area contributed by atoms with Gasteiger partial charge in [0, 0.05) is 6.54 Å². The van der Waals surface area contributed by atoms with Gasteiger partial charge in [-0.05, 0) is 32.4 Å². The number of carbonyl (C=O) groups excluding carboxylic acids is 1. The normalized spacial score (nSPS) is 35.6. The maximum absolute atomic E-state index is 10.8. The molecule has 0 radical (unpaired) electrons. The van der Waals surface area contributed by atoms with Crippen LogP contribution in [-0.2, 0) is 4.74 Å². The van der Waals surface area contributed by atoms with E-state index in [1.165, 1.54) is 19.4 Å². The van der Waals surface area contributed by atoms with Crippen molar-refractivity contribution in [2.45, 2.75) is 18.9 Å². The summed E-state index contributed by atoms with van der Waals surface area (Å²) in [6.07, 6.45) is 2.19. The molecule has 0 aromatic carbocycles. The summed E-state index contributed by atoms with van der Waals surface area (Å²) in [5, 5.41) is 2.86. The summed E-state index contributed by atoms with van der Waals surface area (Å²) in [5.74, 6) is 0.574. The molecule has 1 N–H and O–H groups in total. The molecule has 13 heavy (non-hydrogen) atoms. The first kappa shape index (κ1) is 8.81. The average molecular weight is 184 g/mol. The predicted molar refractivity (Wildman–Crippen MR) is 48.5 cm³/mol. The molecule has 2 rings (SSSR count). The molecule has 0 spiro atoms. The van der Waals surface area contributed by atoms with Gasteiger partial charge in [0.2, 0.25) is 0 Å². The van der Waals surface area contributed by atoms with Crippen LogP contribution in [0.5, 0.6) is 0 Å². The Morgan fingerprint density at radius 1 is 1.62 bits per heavy atom. The van der Waals surface area contributed by atoms with Crippen molar-refractivity contribution in [2.24, 2.45) is 5.92 Å². The SMILES string of the molecule is CN1CCCC(C2COC(=O)N2)C1. The van der Waals surface area contributed by atoms with Crippen molar-refractivity contribution in [3.63, 3.8) is 0 Å². The smallest absolute Gasteiger partial charge is 0.407 e. The first-order valence-corrected chi connectivity index (χ1v) is 4.87. The van der Waals surface area contributed by atoms with Crippen LogP contribution >= 0.6 is 0 Å². The largest absolute Gasteiger partial charge is 0.447 e. The maximum Gasteiger partial charge on any atom is 0.407 e. The lowest BCUT2D eigenvalue weighted by molar-refractivity contribution is 0.159. The van der Waals surface area contributed by atoms with Crippen LogP contribution in [-0.4, -0.2) is 43.8 Å². The lowest BCUT2D eigenvalue weighted by atomic mass is 9.92. The Kier molecular flexibility index (Phi) is 2.40. The van der Waals surface area contributed by atoms with Crippen molar-refractivity contribution in [3.8, 4) is 0 Å². The molecular formula is C9H16N2O2. The second-order valence-electron chi connectivity index (χ2n) is 4.01. The first-order valence-electron chi connectivity index (χ1n) is 4.87. The Hall–Kier alpha value is -0.770. The van der Waals surface area contributed by atoms with E-state index < -0.39 is 0 Å². The van der Waals surface area contributed by atoms with Gasteiger partial charge < -0.3 is 15.0 Å². The van der Waals surface area contributed by atoms with Gasteiger partial charge in [-0.1, -0.05) is 0 Å². The number of nitrogens with one attached hydrogen (secondary N) is 1. The third kappa shape index (κ3) is 1.94. The molecule has 2 aliphatic heterocycles. The number of ether oxygens (including phenoxy) is 1. The van der Waals surface area contributed by atoms with Crippen molar-refractivity contribution in [2.75, 3.05) is 26.7 Å². The summed E-state index contributed by atoms with van der Waals surface area (Å²) >= 11 is 0. The summed E-state index contributed by atoms with van der Waals surface area (Å²) < 4.78 is 4.89. The highest BCUT2D eigenvalue weighted by molar-refractivity contribution is 5.69. The minimum Gasteiger partial charge on any atom is -0.447 e. The van der Waals surface area contributed by atoms with Gasteiger partial charge in [-0.15, -0.1) is 0 Å². The summed E-state index contributed by atoms with van der Waals surface area (Å²) in [6.45, 7) is 2.81. The summed E-state index contributed by atoms with van der Waals surface area (Å²) in [7, 11) is 2.13. The molecule has 0 aromatic rings. The van der Waals surface area contributed by atoms with E-state index in [-0.39, 0.29) is 12.1 Å². The quantitative estimate of drug-likeness (QED) is 0.643. The third-order valence-corrected chi connectivity index (χ3v) is 2.93. The minimum atomic E-state index is -0.252. The van der Waals surface area contributed by atoms with Gasteiger partial charge in [0.1, 0.15) is 6.61 Å². The molecule has 4 heteroatoms. The van der Waals surface area contributed by atoms with Crippen molar-refractivity contribution < 1.29 is 9.53 Å². The maximum atomic E-state index is 10.8. The second-order valence-corrected chi connectivity index (χ2v) is 4.01. The summed E-state index contributed by atoms with van der Waals surface area (Å²) in [6, 6.07) is 0.246. The Morgan fingerprint density at radius 3 is 3.08 bits per heavy atom. The molecular weight excluding hydrogens is 168 g/mol. The van der Waals surface area contributed by atoms with E-state index >= 15 is 0 Å². The van der Waals surface area contributed by atoms with Crippen LogP contribution in [0.4, 0.5) is 4.79 Å². The lowest BCUT2D eigenvalue weighted by Crippen LogP contribution is -2.43. The van der Waals surface area contributed by atoms with Crippen LogP contribution in [0.25, 0.3) is 0 Å². The van der Waals surface area contributed by atoms with Gasteiger partial charge in [-0.3, -0.25) is 0 Å². The number of cyclic esters (lactones) is 1. The van der Waals surface area contributed by atoms with Gasteiger partial charge in [-0.25, -0.2) is 4.79 Å². The average Bonchev–Trinajstić information content (AvgIpc) is 2.52. The van der Waals surface area contributed by atoms with Gasteiger partial charge >= 0.3 is 6.09 Å². The molecule has 0 bridgehead atoms. The molecule has 2 fully saturated rings. The summed E-state index contributed by atoms with van der Waals surface area (Å²) in [5.41, 5.74) is 0.